The first-order chi connectivity index (χ1) is 13.7. The van der Waals surface area contributed by atoms with E-state index in [1.165, 1.54) is 18.6 Å². The Labute approximate surface area is 166 Å². The van der Waals surface area contributed by atoms with Crippen LogP contribution >= 0.6 is 11.8 Å². The highest BCUT2D eigenvalue weighted by molar-refractivity contribution is 7.99. The summed E-state index contributed by atoms with van der Waals surface area (Å²) < 4.78 is 5.49. The quantitative estimate of drug-likeness (QED) is 0.620. The first-order valence-corrected chi connectivity index (χ1v) is 9.67. The molecule has 1 aliphatic heterocycles. The van der Waals surface area contributed by atoms with E-state index in [0.717, 1.165) is 21.2 Å². The Balaban J connectivity index is 1.67. The van der Waals surface area contributed by atoms with E-state index in [-0.39, 0.29) is 11.6 Å². The Kier molecular flexibility index (Phi) is 5.08. The van der Waals surface area contributed by atoms with Crippen molar-refractivity contribution in [2.24, 2.45) is 0 Å². The number of anilines is 2. The second-order valence-electron chi connectivity index (χ2n) is 6.10. The molecule has 4 rings (SSSR count). The second kappa shape index (κ2) is 7.82. The summed E-state index contributed by atoms with van der Waals surface area (Å²) in [6.45, 7) is 1.81. The van der Waals surface area contributed by atoms with Crippen LogP contribution in [0.2, 0.25) is 0 Å². The van der Waals surface area contributed by atoms with Crippen LogP contribution < -0.4 is 4.90 Å². The molecule has 3 aromatic rings. The maximum absolute atomic E-state index is 13.4. The summed E-state index contributed by atoms with van der Waals surface area (Å²) in [6.07, 6.45) is 3.62. The minimum Gasteiger partial charge on any atom is -0.447 e. The molecule has 6 nitrogen and oxygen atoms in total. The minimum atomic E-state index is -0.932. The van der Waals surface area contributed by atoms with Crippen LogP contribution in [0.1, 0.15) is 23.8 Å². The molecule has 0 saturated heterocycles. The van der Waals surface area contributed by atoms with Gasteiger partial charge in [-0.2, -0.15) is 0 Å². The van der Waals surface area contributed by atoms with Crippen molar-refractivity contribution in [1.82, 2.24) is 9.97 Å². The molecule has 0 bridgehead atoms. The zero-order chi connectivity index (χ0) is 19.5. The monoisotopic (exact) mass is 391 g/mol. The molecular formula is C21H17N3O3S. The Bertz CT molecular complexity index is 981. The molecule has 1 amide bonds. The van der Waals surface area contributed by atoms with E-state index >= 15 is 0 Å². The molecule has 1 aliphatic rings. The summed E-state index contributed by atoms with van der Waals surface area (Å²) in [6, 6.07) is 15.4. The van der Waals surface area contributed by atoms with Crippen LogP contribution in [0.4, 0.5) is 11.4 Å². The minimum absolute atomic E-state index is 0.0729. The zero-order valence-corrected chi connectivity index (χ0v) is 15.9. The molecule has 140 valence electrons. The molecule has 2 aromatic carbocycles. The van der Waals surface area contributed by atoms with Crippen molar-refractivity contribution < 1.29 is 14.3 Å². The highest BCUT2D eigenvalue weighted by Crippen LogP contribution is 2.48. The molecule has 1 aromatic heterocycles. The van der Waals surface area contributed by atoms with Gasteiger partial charge in [-0.15, -0.1) is 0 Å². The topological polar surface area (TPSA) is 72.4 Å². The van der Waals surface area contributed by atoms with Crippen molar-refractivity contribution in [3.8, 4) is 0 Å². The Hall–Kier alpha value is -3.19. The number of hydrogen-bond donors (Lipinski definition) is 0. The molecule has 28 heavy (non-hydrogen) atoms. The van der Waals surface area contributed by atoms with E-state index in [9.17, 15) is 9.59 Å². The summed E-state index contributed by atoms with van der Waals surface area (Å²) >= 11 is 1.61. The van der Waals surface area contributed by atoms with Crippen molar-refractivity contribution in [2.45, 2.75) is 29.2 Å². The molecule has 1 unspecified atom stereocenters. The number of carbonyl (C=O) groups is 2. The molecule has 0 N–H and O–H groups in total. The highest BCUT2D eigenvalue weighted by atomic mass is 32.2. The third kappa shape index (κ3) is 3.36. The summed E-state index contributed by atoms with van der Waals surface area (Å²) in [5.41, 5.74) is 1.64. The van der Waals surface area contributed by atoms with E-state index in [1.807, 2.05) is 55.5 Å². The van der Waals surface area contributed by atoms with Gasteiger partial charge in [-0.3, -0.25) is 14.7 Å². The van der Waals surface area contributed by atoms with Gasteiger partial charge in [-0.05, 0) is 30.7 Å². The van der Waals surface area contributed by atoms with E-state index in [0.29, 0.717) is 6.42 Å². The lowest BCUT2D eigenvalue weighted by molar-refractivity contribution is -0.126. The predicted molar refractivity (Wildman–Crippen MR) is 106 cm³/mol. The number of ether oxygens (including phenoxy) is 1. The molecule has 0 fully saturated rings. The van der Waals surface area contributed by atoms with Crippen LogP contribution in [-0.2, 0) is 9.53 Å². The number of benzene rings is 2. The standard InChI is InChI=1S/C21H17N3O3S/c1-2-17(27-21(26)14-13-22-11-12-23-14)20(25)24-15-7-3-5-9-18(15)28-19-10-6-4-8-16(19)24/h3-13,17H,2H2,1H3. The van der Waals surface area contributed by atoms with E-state index < -0.39 is 12.1 Å². The van der Waals surface area contributed by atoms with Gasteiger partial charge in [0.2, 0.25) is 0 Å². The Morgan fingerprint density at radius 3 is 2.25 bits per heavy atom. The van der Waals surface area contributed by atoms with Crippen molar-refractivity contribution >= 4 is 35.0 Å². The van der Waals surface area contributed by atoms with Gasteiger partial charge >= 0.3 is 5.97 Å². The maximum atomic E-state index is 13.4. The maximum Gasteiger partial charge on any atom is 0.359 e. The van der Waals surface area contributed by atoms with Crippen molar-refractivity contribution in [1.29, 1.82) is 0 Å². The van der Waals surface area contributed by atoms with E-state index in [1.54, 1.807) is 16.7 Å². The number of para-hydroxylation sites is 2. The summed E-state index contributed by atoms with van der Waals surface area (Å²) in [7, 11) is 0. The van der Waals surface area contributed by atoms with Crippen molar-refractivity contribution in [2.75, 3.05) is 4.90 Å². The first kappa shape index (κ1) is 18.2. The molecular weight excluding hydrogens is 374 g/mol. The SMILES string of the molecule is CCC(OC(=O)c1cnccn1)C(=O)N1c2ccccc2Sc2ccccc21. The van der Waals surface area contributed by atoms with Gasteiger partial charge in [-0.1, -0.05) is 43.0 Å². The van der Waals surface area contributed by atoms with Crippen LogP contribution in [0.15, 0.2) is 76.9 Å². The number of amides is 1. The van der Waals surface area contributed by atoms with Crippen molar-refractivity contribution in [3.05, 3.63) is 72.8 Å². The molecule has 7 heteroatoms. The Morgan fingerprint density at radius 1 is 1.04 bits per heavy atom. The lowest BCUT2D eigenvalue weighted by atomic mass is 10.1. The fraction of sp³-hybridized carbons (Fsp3) is 0.143. The van der Waals surface area contributed by atoms with E-state index in [2.05, 4.69) is 9.97 Å². The third-order valence-electron chi connectivity index (χ3n) is 4.32. The van der Waals surface area contributed by atoms with Gasteiger partial charge in [0.05, 0.1) is 17.6 Å². The largest absolute Gasteiger partial charge is 0.447 e. The van der Waals surface area contributed by atoms with Gasteiger partial charge in [0.1, 0.15) is 0 Å². The number of aromatic nitrogens is 2. The fourth-order valence-corrected chi connectivity index (χ4v) is 4.05. The summed E-state index contributed by atoms with van der Waals surface area (Å²) in [5, 5.41) is 0. The first-order valence-electron chi connectivity index (χ1n) is 8.86. The van der Waals surface area contributed by atoms with Crippen LogP contribution in [0.25, 0.3) is 0 Å². The van der Waals surface area contributed by atoms with Crippen LogP contribution in [-0.4, -0.2) is 27.9 Å². The number of fused-ring (bicyclic) bond motifs is 2. The molecule has 2 heterocycles. The predicted octanol–water partition coefficient (Wildman–Crippen LogP) is 4.24. The number of carbonyl (C=O) groups excluding carboxylic acids is 2. The average Bonchev–Trinajstić information content (AvgIpc) is 2.75. The van der Waals surface area contributed by atoms with Gasteiger partial charge in [0, 0.05) is 22.2 Å². The number of nitrogens with zero attached hydrogens (tertiary/aromatic N) is 3. The van der Waals surface area contributed by atoms with Crippen LogP contribution in [0, 0.1) is 0 Å². The third-order valence-corrected chi connectivity index (χ3v) is 5.45. The lowest BCUT2D eigenvalue weighted by Gasteiger charge is -2.33. The van der Waals surface area contributed by atoms with E-state index in [4.69, 9.17) is 4.74 Å². The van der Waals surface area contributed by atoms with Gasteiger partial charge in [-0.25, -0.2) is 9.78 Å². The Morgan fingerprint density at radius 2 is 1.68 bits per heavy atom. The number of esters is 1. The van der Waals surface area contributed by atoms with Crippen LogP contribution in [0.3, 0.4) is 0 Å². The smallest absolute Gasteiger partial charge is 0.359 e. The molecule has 0 radical (unpaired) electrons. The lowest BCUT2D eigenvalue weighted by Crippen LogP contribution is -2.39. The van der Waals surface area contributed by atoms with Gasteiger partial charge in [0.25, 0.3) is 5.91 Å². The molecule has 0 aliphatic carbocycles. The zero-order valence-electron chi connectivity index (χ0n) is 15.1. The van der Waals surface area contributed by atoms with Gasteiger partial charge in [0.15, 0.2) is 11.8 Å². The van der Waals surface area contributed by atoms with Crippen LogP contribution in [0.5, 0.6) is 0 Å². The summed E-state index contributed by atoms with van der Waals surface area (Å²) in [4.78, 5) is 37.2. The number of hydrogen-bond acceptors (Lipinski definition) is 6. The van der Waals surface area contributed by atoms with Gasteiger partial charge < -0.3 is 4.74 Å². The highest BCUT2D eigenvalue weighted by Gasteiger charge is 2.34. The second-order valence-corrected chi connectivity index (χ2v) is 7.19. The van der Waals surface area contributed by atoms with Crippen molar-refractivity contribution in [3.63, 3.8) is 0 Å². The molecule has 1 atom stereocenters. The molecule has 0 spiro atoms. The normalized spacial score (nSPS) is 13.2. The fourth-order valence-electron chi connectivity index (χ4n) is 2.99. The summed E-state index contributed by atoms with van der Waals surface area (Å²) in [5.74, 6) is -0.957. The average molecular weight is 391 g/mol. The number of rotatable bonds is 4. The molecule has 0 saturated carbocycles.